The van der Waals surface area contributed by atoms with Crippen LogP contribution in [-0.2, 0) is 14.3 Å². The van der Waals surface area contributed by atoms with Crippen LogP contribution < -0.4 is 14.8 Å². The van der Waals surface area contributed by atoms with Crippen LogP contribution in [0.25, 0.3) is 5.69 Å². The number of hydrogen-bond acceptors (Lipinski definition) is 8. The van der Waals surface area contributed by atoms with Crippen molar-refractivity contribution < 1.29 is 38.1 Å². The van der Waals surface area contributed by atoms with Crippen molar-refractivity contribution >= 4 is 23.6 Å². The summed E-state index contributed by atoms with van der Waals surface area (Å²) in [4.78, 5) is 49.0. The molecule has 37 heavy (non-hydrogen) atoms. The van der Waals surface area contributed by atoms with Gasteiger partial charge in [0.15, 0.2) is 18.1 Å². The number of nitrogens with zero attached hydrogens (tertiary/aromatic N) is 1. The first-order chi connectivity index (χ1) is 17.7. The quantitative estimate of drug-likeness (QED) is 0.328. The van der Waals surface area contributed by atoms with Crippen molar-refractivity contribution in [3.05, 3.63) is 76.6 Å². The summed E-state index contributed by atoms with van der Waals surface area (Å²) in [6.45, 7) is 2.73. The highest BCUT2D eigenvalue weighted by Gasteiger charge is 2.19. The van der Waals surface area contributed by atoms with Crippen LogP contribution in [0.2, 0.25) is 0 Å². The fourth-order valence-corrected chi connectivity index (χ4v) is 3.81. The molecular weight excluding hydrogens is 480 g/mol. The Morgan fingerprint density at radius 3 is 2.11 bits per heavy atom. The number of nitrogens with one attached hydrogen (secondary N) is 1. The molecule has 3 rings (SSSR count). The maximum atomic E-state index is 12.8. The van der Waals surface area contributed by atoms with E-state index < -0.39 is 31.0 Å². The molecule has 1 amide bonds. The molecular formula is C27H28N2O8. The monoisotopic (exact) mass is 508 g/mol. The van der Waals surface area contributed by atoms with Gasteiger partial charge in [0.1, 0.15) is 6.54 Å². The number of carbonyl (C=O) groups is 4. The van der Waals surface area contributed by atoms with Crippen molar-refractivity contribution in [1.82, 2.24) is 9.88 Å². The first-order valence-corrected chi connectivity index (χ1v) is 11.3. The van der Waals surface area contributed by atoms with Gasteiger partial charge in [-0.2, -0.15) is 0 Å². The number of aryl methyl sites for hydroxylation is 1. The number of ketones is 1. The molecule has 0 saturated carbocycles. The normalized spacial score (nSPS) is 10.4. The minimum Gasteiger partial charge on any atom is -0.493 e. The van der Waals surface area contributed by atoms with E-state index in [1.54, 1.807) is 43.3 Å². The Kier molecular flexibility index (Phi) is 8.68. The van der Waals surface area contributed by atoms with E-state index in [0.717, 1.165) is 11.4 Å². The average molecular weight is 509 g/mol. The van der Waals surface area contributed by atoms with Crippen molar-refractivity contribution in [2.24, 2.45) is 0 Å². The largest absolute Gasteiger partial charge is 0.493 e. The number of esters is 2. The van der Waals surface area contributed by atoms with E-state index in [4.69, 9.17) is 18.9 Å². The number of Topliss-reactive ketones (excluding diaryl/α,β-unsaturated/α-hetero) is 1. The van der Waals surface area contributed by atoms with Gasteiger partial charge in [-0.25, -0.2) is 4.79 Å². The van der Waals surface area contributed by atoms with E-state index in [1.807, 2.05) is 11.5 Å². The second-order valence-corrected chi connectivity index (χ2v) is 7.99. The van der Waals surface area contributed by atoms with Gasteiger partial charge in [0, 0.05) is 28.2 Å². The van der Waals surface area contributed by atoms with Crippen LogP contribution in [0.5, 0.6) is 11.5 Å². The van der Waals surface area contributed by atoms with Gasteiger partial charge < -0.3 is 28.8 Å². The van der Waals surface area contributed by atoms with Gasteiger partial charge in [0.2, 0.25) is 5.78 Å². The third kappa shape index (κ3) is 6.16. The fourth-order valence-electron chi connectivity index (χ4n) is 3.81. The highest BCUT2D eigenvalue weighted by Crippen LogP contribution is 2.27. The lowest BCUT2D eigenvalue weighted by atomic mass is 10.1. The molecule has 0 unspecified atom stereocenters. The van der Waals surface area contributed by atoms with Gasteiger partial charge in [-0.05, 0) is 62.4 Å². The molecule has 3 aromatic rings. The number of rotatable bonds is 10. The second-order valence-electron chi connectivity index (χ2n) is 7.99. The predicted molar refractivity (Wildman–Crippen MR) is 134 cm³/mol. The fraction of sp³-hybridized carbons (Fsp3) is 0.259. The summed E-state index contributed by atoms with van der Waals surface area (Å²) in [7, 11) is 4.25. The van der Waals surface area contributed by atoms with Crippen molar-refractivity contribution in [2.75, 3.05) is 34.5 Å². The SMILES string of the molecule is COC(=O)c1ccc(-n2c(C)cc(C(=O)COC(=O)CNC(=O)c3ccc(OC)c(OC)c3)c2C)cc1. The van der Waals surface area contributed by atoms with Crippen LogP contribution in [0, 0.1) is 13.8 Å². The second kappa shape index (κ2) is 11.9. The summed E-state index contributed by atoms with van der Waals surface area (Å²) in [6, 6.07) is 13.1. The number of methoxy groups -OCH3 is 3. The van der Waals surface area contributed by atoms with Crippen molar-refractivity contribution in [2.45, 2.75) is 13.8 Å². The third-order valence-electron chi connectivity index (χ3n) is 5.68. The van der Waals surface area contributed by atoms with Crippen LogP contribution in [0.1, 0.15) is 42.5 Å². The lowest BCUT2D eigenvalue weighted by Crippen LogP contribution is -2.31. The molecule has 10 heteroatoms. The number of hydrogen-bond donors (Lipinski definition) is 1. The molecule has 0 aliphatic carbocycles. The van der Waals surface area contributed by atoms with Gasteiger partial charge in [0.05, 0.1) is 26.9 Å². The van der Waals surface area contributed by atoms with Crippen molar-refractivity contribution in [3.8, 4) is 17.2 Å². The maximum Gasteiger partial charge on any atom is 0.337 e. The highest BCUT2D eigenvalue weighted by molar-refractivity contribution is 6.00. The zero-order valence-electron chi connectivity index (χ0n) is 21.2. The Balaban J connectivity index is 1.59. The van der Waals surface area contributed by atoms with E-state index in [1.165, 1.54) is 33.5 Å². The first kappa shape index (κ1) is 27.0. The Morgan fingerprint density at radius 2 is 1.49 bits per heavy atom. The van der Waals surface area contributed by atoms with Crippen LogP contribution >= 0.6 is 0 Å². The smallest absolute Gasteiger partial charge is 0.337 e. The Morgan fingerprint density at radius 1 is 0.838 bits per heavy atom. The van der Waals surface area contributed by atoms with Crippen LogP contribution in [0.3, 0.4) is 0 Å². The Bertz CT molecular complexity index is 1320. The Labute approximate surface area is 214 Å². The van der Waals surface area contributed by atoms with Gasteiger partial charge >= 0.3 is 11.9 Å². The minimum atomic E-state index is -0.755. The van der Waals surface area contributed by atoms with E-state index >= 15 is 0 Å². The lowest BCUT2D eigenvalue weighted by molar-refractivity contribution is -0.141. The molecule has 0 spiro atoms. The Hall–Kier alpha value is -4.60. The molecule has 1 heterocycles. The molecule has 0 bridgehead atoms. The van der Waals surface area contributed by atoms with E-state index in [2.05, 4.69) is 5.32 Å². The van der Waals surface area contributed by atoms with Crippen LogP contribution in [-0.4, -0.2) is 62.7 Å². The molecule has 194 valence electrons. The molecule has 0 saturated heterocycles. The number of aromatic nitrogens is 1. The molecule has 2 aromatic carbocycles. The molecule has 10 nitrogen and oxygen atoms in total. The lowest BCUT2D eigenvalue weighted by Gasteiger charge is -2.11. The topological polar surface area (TPSA) is 122 Å². The summed E-state index contributed by atoms with van der Waals surface area (Å²) in [5, 5.41) is 2.46. The van der Waals surface area contributed by atoms with E-state index in [9.17, 15) is 19.2 Å². The molecule has 0 aliphatic rings. The molecule has 0 fully saturated rings. The van der Waals surface area contributed by atoms with E-state index in [-0.39, 0.29) is 11.3 Å². The van der Waals surface area contributed by atoms with Crippen LogP contribution in [0.4, 0.5) is 0 Å². The maximum absolute atomic E-state index is 12.8. The summed E-state index contributed by atoms with van der Waals surface area (Å²) >= 11 is 0. The molecule has 0 radical (unpaired) electrons. The highest BCUT2D eigenvalue weighted by atomic mass is 16.5. The number of carbonyl (C=O) groups excluding carboxylic acids is 4. The molecule has 1 N–H and O–H groups in total. The third-order valence-corrected chi connectivity index (χ3v) is 5.68. The number of benzene rings is 2. The van der Waals surface area contributed by atoms with Gasteiger partial charge in [-0.15, -0.1) is 0 Å². The standard InChI is InChI=1S/C27H28N2O8/c1-16-12-21(17(2)29(16)20-9-6-18(7-10-20)27(33)36-5)22(30)15-37-25(31)14-28-26(32)19-8-11-23(34-3)24(13-19)35-4/h6-13H,14-15H2,1-5H3,(H,28,32). The summed E-state index contributed by atoms with van der Waals surface area (Å²) in [5.41, 5.74) is 3.29. The first-order valence-electron chi connectivity index (χ1n) is 11.3. The summed E-state index contributed by atoms with van der Waals surface area (Å²) < 4.78 is 22.0. The summed E-state index contributed by atoms with van der Waals surface area (Å²) in [6.07, 6.45) is 0. The van der Waals surface area contributed by atoms with Crippen LogP contribution in [0.15, 0.2) is 48.5 Å². The van der Waals surface area contributed by atoms with Crippen molar-refractivity contribution in [3.63, 3.8) is 0 Å². The van der Waals surface area contributed by atoms with E-state index in [0.29, 0.717) is 28.3 Å². The summed E-state index contributed by atoms with van der Waals surface area (Å²) in [5.74, 6) is -1.24. The predicted octanol–water partition coefficient (Wildman–Crippen LogP) is 3.05. The molecule has 0 atom stereocenters. The molecule has 1 aromatic heterocycles. The number of amides is 1. The average Bonchev–Trinajstić information content (AvgIpc) is 3.22. The van der Waals surface area contributed by atoms with Gasteiger partial charge in [-0.3, -0.25) is 14.4 Å². The zero-order valence-corrected chi connectivity index (χ0v) is 21.2. The number of ether oxygens (including phenoxy) is 4. The van der Waals surface area contributed by atoms with Crippen molar-refractivity contribution in [1.29, 1.82) is 0 Å². The minimum absolute atomic E-state index is 0.272. The van der Waals surface area contributed by atoms with Gasteiger partial charge in [-0.1, -0.05) is 0 Å². The molecule has 0 aliphatic heterocycles. The van der Waals surface area contributed by atoms with Gasteiger partial charge in [0.25, 0.3) is 5.91 Å². The zero-order chi connectivity index (χ0) is 27.1.